The average molecular weight is 488 g/mol. The number of hydrogen-bond acceptors (Lipinski definition) is 7. The van der Waals surface area contributed by atoms with E-state index in [0.29, 0.717) is 30.4 Å². The molecule has 5 rings (SSSR count). The minimum atomic E-state index is -4.48. The molecule has 0 amide bonds. The Hall–Kier alpha value is -3.27. The van der Waals surface area contributed by atoms with Gasteiger partial charge in [-0.05, 0) is 50.6 Å². The van der Waals surface area contributed by atoms with Crippen LogP contribution in [0.5, 0.6) is 5.75 Å². The van der Waals surface area contributed by atoms with Crippen molar-refractivity contribution in [3.05, 3.63) is 46.8 Å². The standard InChI is InChI=1S/C25H28F3N5O2/c1-13-8-19-22-20(12-21(23(19)35-13)33-4-6-34-7-5-33)24(32-15(3)31-22)30-14(2)16-9-17(25(26,27)28)11-18(29)10-16/h9-14H,4-8,29H2,1-3H3,(H,30,31,32)/t13-,14-/m1/s1. The van der Waals surface area contributed by atoms with E-state index in [-0.39, 0.29) is 11.8 Å². The van der Waals surface area contributed by atoms with E-state index in [1.165, 1.54) is 0 Å². The minimum Gasteiger partial charge on any atom is -0.488 e. The normalized spacial score (nSPS) is 18.9. The van der Waals surface area contributed by atoms with E-state index in [4.69, 9.17) is 20.2 Å². The van der Waals surface area contributed by atoms with Crippen LogP contribution in [0.2, 0.25) is 0 Å². The molecular formula is C25H28F3N5O2. The average Bonchev–Trinajstić information content (AvgIpc) is 3.20. The predicted octanol–water partition coefficient (Wildman–Crippen LogP) is 4.87. The van der Waals surface area contributed by atoms with Gasteiger partial charge in [-0.15, -0.1) is 0 Å². The maximum atomic E-state index is 13.4. The van der Waals surface area contributed by atoms with Crippen LogP contribution in [0.25, 0.3) is 10.9 Å². The second kappa shape index (κ2) is 8.75. The van der Waals surface area contributed by atoms with Crippen molar-refractivity contribution in [2.24, 2.45) is 0 Å². The number of ether oxygens (including phenoxy) is 2. The lowest BCUT2D eigenvalue weighted by atomic mass is 10.0. The van der Waals surface area contributed by atoms with E-state index in [1.807, 2.05) is 13.0 Å². The lowest BCUT2D eigenvalue weighted by Gasteiger charge is -2.30. The molecule has 0 bridgehead atoms. The molecule has 2 aliphatic heterocycles. The Morgan fingerprint density at radius 2 is 1.89 bits per heavy atom. The Morgan fingerprint density at radius 1 is 1.14 bits per heavy atom. The van der Waals surface area contributed by atoms with Gasteiger partial charge in [0.25, 0.3) is 0 Å². The number of morpholine rings is 1. The third-order valence-corrected chi connectivity index (χ3v) is 6.45. The topological polar surface area (TPSA) is 85.5 Å². The van der Waals surface area contributed by atoms with Crippen LogP contribution < -0.4 is 20.7 Å². The summed E-state index contributed by atoms with van der Waals surface area (Å²) in [7, 11) is 0. The number of aromatic nitrogens is 2. The first-order valence-corrected chi connectivity index (χ1v) is 11.7. The number of halogens is 3. The SMILES string of the molecule is Cc1nc(N[C@H](C)c2cc(N)cc(C(F)(F)F)c2)c2cc(N3CCOCC3)c3c(c2n1)C[C@@H](C)O3. The first-order valence-electron chi connectivity index (χ1n) is 11.7. The summed E-state index contributed by atoms with van der Waals surface area (Å²) < 4.78 is 51.8. The van der Waals surface area contributed by atoms with Crippen molar-refractivity contribution >= 4 is 28.1 Å². The second-order valence-electron chi connectivity index (χ2n) is 9.20. The Morgan fingerprint density at radius 3 is 2.60 bits per heavy atom. The summed E-state index contributed by atoms with van der Waals surface area (Å²) in [6, 6.07) is 5.16. The van der Waals surface area contributed by atoms with Gasteiger partial charge in [-0.3, -0.25) is 0 Å². The molecule has 1 aromatic heterocycles. The zero-order valence-corrected chi connectivity index (χ0v) is 19.9. The van der Waals surface area contributed by atoms with E-state index in [1.54, 1.807) is 19.9 Å². The highest BCUT2D eigenvalue weighted by Gasteiger charge is 2.32. The van der Waals surface area contributed by atoms with Gasteiger partial charge in [-0.2, -0.15) is 13.2 Å². The van der Waals surface area contributed by atoms with E-state index in [9.17, 15) is 13.2 Å². The number of hydrogen-bond donors (Lipinski definition) is 2. The van der Waals surface area contributed by atoms with Gasteiger partial charge in [0.15, 0.2) is 0 Å². The molecule has 186 valence electrons. The van der Waals surface area contributed by atoms with Crippen LogP contribution in [0.1, 0.15) is 42.4 Å². The molecule has 2 aliphatic rings. The molecule has 0 unspecified atom stereocenters. The minimum absolute atomic E-state index is 0.0223. The summed E-state index contributed by atoms with van der Waals surface area (Å²) in [5.74, 6) is 1.97. The summed E-state index contributed by atoms with van der Waals surface area (Å²) in [6.07, 6.45) is -3.74. The summed E-state index contributed by atoms with van der Waals surface area (Å²) in [4.78, 5) is 11.6. The molecule has 35 heavy (non-hydrogen) atoms. The maximum absolute atomic E-state index is 13.4. The smallest absolute Gasteiger partial charge is 0.416 e. The number of rotatable bonds is 4. The van der Waals surface area contributed by atoms with Gasteiger partial charge in [-0.25, -0.2) is 9.97 Å². The first-order chi connectivity index (χ1) is 16.6. The molecule has 3 aromatic rings. The van der Waals surface area contributed by atoms with E-state index >= 15 is 0 Å². The molecule has 7 nitrogen and oxygen atoms in total. The van der Waals surface area contributed by atoms with Crippen molar-refractivity contribution in [2.45, 2.75) is 45.5 Å². The molecule has 3 N–H and O–H groups in total. The number of anilines is 3. The monoisotopic (exact) mass is 487 g/mol. The number of nitrogens with two attached hydrogens (primary N) is 1. The van der Waals surface area contributed by atoms with Crippen LogP contribution in [0.3, 0.4) is 0 Å². The maximum Gasteiger partial charge on any atom is 0.416 e. The van der Waals surface area contributed by atoms with Gasteiger partial charge in [0.2, 0.25) is 0 Å². The highest BCUT2D eigenvalue weighted by molar-refractivity contribution is 5.97. The number of aryl methyl sites for hydroxylation is 1. The Balaban J connectivity index is 1.59. The molecule has 0 saturated carbocycles. The first kappa shape index (κ1) is 23.5. The molecule has 3 heterocycles. The number of nitrogen functional groups attached to an aromatic ring is 1. The van der Waals surface area contributed by atoms with E-state index in [2.05, 4.69) is 15.2 Å². The van der Waals surface area contributed by atoms with Crippen LogP contribution >= 0.6 is 0 Å². The van der Waals surface area contributed by atoms with Crippen LogP contribution in [-0.4, -0.2) is 42.4 Å². The van der Waals surface area contributed by atoms with Crippen molar-refractivity contribution in [1.29, 1.82) is 0 Å². The molecule has 1 saturated heterocycles. The number of alkyl halides is 3. The van der Waals surface area contributed by atoms with Crippen LogP contribution in [0.15, 0.2) is 24.3 Å². The lowest BCUT2D eigenvalue weighted by molar-refractivity contribution is -0.137. The lowest BCUT2D eigenvalue weighted by Crippen LogP contribution is -2.36. The van der Waals surface area contributed by atoms with Gasteiger partial charge in [0, 0.05) is 36.1 Å². The predicted molar refractivity (Wildman–Crippen MR) is 129 cm³/mol. The summed E-state index contributed by atoms with van der Waals surface area (Å²) >= 11 is 0. The molecular weight excluding hydrogens is 459 g/mol. The number of benzene rings is 2. The molecule has 1 fully saturated rings. The van der Waals surface area contributed by atoms with Crippen molar-refractivity contribution in [3.8, 4) is 5.75 Å². The fraction of sp³-hybridized carbons (Fsp3) is 0.440. The fourth-order valence-corrected chi connectivity index (χ4v) is 4.79. The highest BCUT2D eigenvalue weighted by Crippen LogP contribution is 2.45. The van der Waals surface area contributed by atoms with Crippen molar-refractivity contribution < 1.29 is 22.6 Å². The second-order valence-corrected chi connectivity index (χ2v) is 9.20. The van der Waals surface area contributed by atoms with Crippen LogP contribution in [0.4, 0.5) is 30.4 Å². The quantitative estimate of drug-likeness (QED) is 0.508. The number of fused-ring (bicyclic) bond motifs is 3. The van der Waals surface area contributed by atoms with Crippen LogP contribution in [0, 0.1) is 6.92 Å². The van der Waals surface area contributed by atoms with Crippen molar-refractivity contribution in [2.75, 3.05) is 42.3 Å². The van der Waals surface area contributed by atoms with E-state index in [0.717, 1.165) is 59.5 Å². The number of nitrogens with one attached hydrogen (secondary N) is 1. The van der Waals surface area contributed by atoms with Gasteiger partial charge in [-0.1, -0.05) is 0 Å². The van der Waals surface area contributed by atoms with Gasteiger partial charge in [0.1, 0.15) is 23.5 Å². The highest BCUT2D eigenvalue weighted by atomic mass is 19.4. The molecule has 0 radical (unpaired) electrons. The summed E-state index contributed by atoms with van der Waals surface area (Å²) in [5.41, 5.74) is 8.30. The molecule has 2 aromatic carbocycles. The van der Waals surface area contributed by atoms with Gasteiger partial charge < -0.3 is 25.4 Å². The zero-order valence-electron chi connectivity index (χ0n) is 19.9. The molecule has 0 aliphatic carbocycles. The van der Waals surface area contributed by atoms with Gasteiger partial charge >= 0.3 is 6.18 Å². The van der Waals surface area contributed by atoms with E-state index < -0.39 is 17.8 Å². The third kappa shape index (κ3) is 4.54. The largest absolute Gasteiger partial charge is 0.488 e. The van der Waals surface area contributed by atoms with Crippen molar-refractivity contribution in [3.63, 3.8) is 0 Å². The van der Waals surface area contributed by atoms with Crippen molar-refractivity contribution in [1.82, 2.24) is 9.97 Å². The molecule has 2 atom stereocenters. The van der Waals surface area contributed by atoms with Crippen LogP contribution in [-0.2, 0) is 17.3 Å². The Kier molecular flexibility index (Phi) is 5.86. The Bertz CT molecular complexity index is 1270. The van der Waals surface area contributed by atoms with Gasteiger partial charge in [0.05, 0.1) is 36.0 Å². The summed E-state index contributed by atoms with van der Waals surface area (Å²) in [5, 5.41) is 4.13. The Labute approximate surface area is 201 Å². The summed E-state index contributed by atoms with van der Waals surface area (Å²) in [6.45, 7) is 8.37. The number of nitrogens with zero attached hydrogens (tertiary/aromatic N) is 3. The molecule has 10 heteroatoms. The zero-order chi connectivity index (χ0) is 24.9. The fourth-order valence-electron chi connectivity index (χ4n) is 4.79. The molecule has 0 spiro atoms. The third-order valence-electron chi connectivity index (χ3n) is 6.45.